The molecule has 0 fully saturated rings. The summed E-state index contributed by atoms with van der Waals surface area (Å²) in [5.74, 6) is -17.2. The van der Waals surface area contributed by atoms with Crippen molar-refractivity contribution in [1.82, 2.24) is 69.1 Å². The van der Waals surface area contributed by atoms with Crippen LogP contribution in [-0.2, 0) is 83.1 Å². The second-order valence-corrected chi connectivity index (χ2v) is 29.7. The molecule has 21 N–H and O–H groups in total. The number of carbonyl (C=O) groups excluding carboxylic acids is 14. The number of hydrogen-bond acceptors (Lipinski definition) is 21. The fraction of sp³-hybridized carbons (Fsp3) is 0.686. The Morgan fingerprint density at radius 3 is 1.18 bits per heavy atom. The molecule has 1 aromatic rings. The number of nitrogens with two attached hydrogens (primary N) is 2. The van der Waals surface area contributed by atoms with E-state index in [1.807, 2.05) is 0 Å². The standard InChI is InChI=1S/C70H117N15O20S2/c1-15-38(9)55(68(103)74-40(11)58(93)73-33-53(91)92)83-63(98)47(27-29-107-14)76-61(96)46(26-28-106-13)78-69(104)56(39(10)16-2)84-66(101)49(31-36(5)6)81-70(105)57(41(12)87)85-62(97)45(23-25-52(89)90)75-64(99)50(32-42-20-18-17-19-21-42)80-60(95)44(22-24-51(72)88)77-67(102)54(37(7)8)82-65(100)48(30-35(3)4)79-59(94)43(71)34-86/h17-21,35-41,43-50,54-57,86-87H,15-16,22-34,71H2,1-14H3,(H2,72,88)(H,73,93)(H,74,103)(H,75,99)(H,76,96)(H,77,102)(H,78,104)(H,79,94)(H,80,95)(H,81,105)(H,82,100)(H,83,98)(H,84,101)(H,85,97)(H,89,90)(H,91,92)/t38-,39-,40-,41+,43-,44-,45-,46-,47-,48-,49-,50-,54-,55-,56-,57-/m0/s1. The maximum Gasteiger partial charge on any atom is 0.322 e. The number of benzene rings is 1. The summed E-state index contributed by atoms with van der Waals surface area (Å²) in [5.41, 5.74) is 11.6. The summed E-state index contributed by atoms with van der Waals surface area (Å²) in [4.78, 5) is 218. The highest BCUT2D eigenvalue weighted by Gasteiger charge is 2.40. The third kappa shape index (κ3) is 36.2. The molecule has 0 bridgehead atoms. The number of nitrogens with one attached hydrogen (secondary N) is 13. The minimum Gasteiger partial charge on any atom is -0.481 e. The van der Waals surface area contributed by atoms with Crippen LogP contribution in [0.4, 0.5) is 0 Å². The quantitative estimate of drug-likeness (QED) is 0.0319. The van der Waals surface area contributed by atoms with Crippen molar-refractivity contribution in [2.75, 3.05) is 37.2 Å². The van der Waals surface area contributed by atoms with E-state index >= 15 is 0 Å². The first-order valence-electron chi connectivity index (χ1n) is 35.9. The van der Waals surface area contributed by atoms with Crippen molar-refractivity contribution in [2.45, 2.75) is 238 Å². The Kier molecular flexibility index (Phi) is 45.1. The summed E-state index contributed by atoms with van der Waals surface area (Å²) < 4.78 is 0. The summed E-state index contributed by atoms with van der Waals surface area (Å²) in [6.07, 6.45) is -0.108. The number of carbonyl (C=O) groups is 16. The fourth-order valence-electron chi connectivity index (χ4n) is 10.6. The van der Waals surface area contributed by atoms with Crippen molar-refractivity contribution >= 4 is 118 Å². The first kappa shape index (κ1) is 96.3. The molecule has 1 rings (SSSR count). The zero-order chi connectivity index (χ0) is 81.5. The topological polar surface area (TPSA) is 562 Å². The lowest BCUT2D eigenvalue weighted by Gasteiger charge is -2.31. The Balaban J connectivity index is 3.71. The number of carboxylic acids is 2. The molecule has 0 heterocycles. The molecule has 0 aromatic heterocycles. The van der Waals surface area contributed by atoms with E-state index in [1.165, 1.54) is 30.4 Å². The lowest BCUT2D eigenvalue weighted by Crippen LogP contribution is -2.63. The highest BCUT2D eigenvalue weighted by atomic mass is 32.2. The zero-order valence-corrected chi connectivity index (χ0v) is 65.4. The molecule has 35 nitrogen and oxygen atoms in total. The zero-order valence-electron chi connectivity index (χ0n) is 63.8. The lowest BCUT2D eigenvalue weighted by molar-refractivity contribution is -0.139. The molecular weight excluding hydrogens is 1430 g/mol. The van der Waals surface area contributed by atoms with Crippen molar-refractivity contribution in [3.8, 4) is 0 Å². The molecule has 37 heteroatoms. The van der Waals surface area contributed by atoms with Gasteiger partial charge in [-0.25, -0.2) is 0 Å². The van der Waals surface area contributed by atoms with Gasteiger partial charge in [-0.3, -0.25) is 76.7 Å². The Morgan fingerprint density at radius 1 is 0.421 bits per heavy atom. The molecule has 0 saturated heterocycles. The van der Waals surface area contributed by atoms with E-state index in [0.717, 1.165) is 6.92 Å². The molecule has 604 valence electrons. The molecule has 0 aliphatic heterocycles. The Labute approximate surface area is 634 Å². The van der Waals surface area contributed by atoms with E-state index in [0.29, 0.717) is 23.5 Å². The Morgan fingerprint density at radius 2 is 0.776 bits per heavy atom. The largest absolute Gasteiger partial charge is 0.481 e. The van der Waals surface area contributed by atoms with Crippen LogP contribution >= 0.6 is 23.5 Å². The number of thioether (sulfide) groups is 2. The van der Waals surface area contributed by atoms with Gasteiger partial charge in [0.1, 0.15) is 85.1 Å². The molecule has 0 spiro atoms. The first-order valence-corrected chi connectivity index (χ1v) is 38.7. The Bertz CT molecular complexity index is 3130. The molecule has 0 unspecified atom stereocenters. The van der Waals surface area contributed by atoms with Gasteiger partial charge in [0.25, 0.3) is 0 Å². The van der Waals surface area contributed by atoms with Crippen LogP contribution in [0.1, 0.15) is 153 Å². The molecular formula is C70H117N15O20S2. The molecule has 107 heavy (non-hydrogen) atoms. The lowest BCUT2D eigenvalue weighted by atomic mass is 9.96. The highest BCUT2D eigenvalue weighted by Crippen LogP contribution is 2.17. The van der Waals surface area contributed by atoms with Crippen molar-refractivity contribution in [1.29, 1.82) is 0 Å². The monoisotopic (exact) mass is 1550 g/mol. The van der Waals surface area contributed by atoms with Gasteiger partial charge in [-0.2, -0.15) is 23.5 Å². The van der Waals surface area contributed by atoms with Gasteiger partial charge < -0.3 is 101 Å². The number of aliphatic hydroxyl groups is 2. The number of aliphatic hydroxyl groups excluding tert-OH is 2. The molecule has 0 aliphatic carbocycles. The van der Waals surface area contributed by atoms with Crippen LogP contribution in [0, 0.1) is 29.6 Å². The predicted octanol–water partition coefficient (Wildman–Crippen LogP) is -2.56. The number of rotatable bonds is 52. The highest BCUT2D eigenvalue weighted by molar-refractivity contribution is 7.98. The van der Waals surface area contributed by atoms with Crippen molar-refractivity contribution in [2.24, 2.45) is 41.1 Å². The minimum absolute atomic E-state index is 0.0300. The van der Waals surface area contributed by atoms with Gasteiger partial charge in [-0.1, -0.05) is 112 Å². The van der Waals surface area contributed by atoms with Gasteiger partial charge in [-0.05, 0) is 112 Å². The van der Waals surface area contributed by atoms with Crippen molar-refractivity contribution in [3.63, 3.8) is 0 Å². The summed E-state index contributed by atoms with van der Waals surface area (Å²) in [7, 11) is 0. The number of aliphatic carboxylic acids is 2. The van der Waals surface area contributed by atoms with Crippen LogP contribution in [0.25, 0.3) is 0 Å². The van der Waals surface area contributed by atoms with Crippen LogP contribution in [0.3, 0.4) is 0 Å². The maximum atomic E-state index is 14.6. The van der Waals surface area contributed by atoms with Gasteiger partial charge in [0.05, 0.1) is 12.7 Å². The molecule has 0 radical (unpaired) electrons. The first-order chi connectivity index (χ1) is 50.2. The van der Waals surface area contributed by atoms with Crippen LogP contribution in [0.2, 0.25) is 0 Å². The third-order valence-electron chi connectivity index (χ3n) is 17.3. The number of carboxylic acid groups (broad SMARTS) is 2. The van der Waals surface area contributed by atoms with E-state index in [9.17, 15) is 92.0 Å². The van der Waals surface area contributed by atoms with E-state index in [-0.39, 0.29) is 50.4 Å². The minimum atomic E-state index is -1.93. The van der Waals surface area contributed by atoms with Gasteiger partial charge in [-0.15, -0.1) is 0 Å². The molecule has 1 aromatic carbocycles. The van der Waals surface area contributed by atoms with E-state index in [1.54, 1.807) is 112 Å². The van der Waals surface area contributed by atoms with Crippen LogP contribution in [0.15, 0.2) is 30.3 Å². The van der Waals surface area contributed by atoms with Crippen LogP contribution < -0.4 is 80.6 Å². The average Bonchev–Trinajstić information content (AvgIpc) is 0.838. The second kappa shape index (κ2) is 50.0. The van der Waals surface area contributed by atoms with Crippen LogP contribution in [0.5, 0.6) is 0 Å². The summed E-state index contributed by atoms with van der Waals surface area (Å²) >= 11 is 2.71. The van der Waals surface area contributed by atoms with Crippen molar-refractivity contribution < 1.29 is 97.1 Å². The molecule has 0 saturated carbocycles. The number of amides is 14. The van der Waals surface area contributed by atoms with E-state index in [2.05, 4.69) is 69.1 Å². The number of primary amides is 1. The molecule has 14 amide bonds. The van der Waals surface area contributed by atoms with Gasteiger partial charge in [0.2, 0.25) is 82.7 Å². The van der Waals surface area contributed by atoms with Gasteiger partial charge in [0, 0.05) is 19.3 Å². The van der Waals surface area contributed by atoms with Gasteiger partial charge in [0.15, 0.2) is 0 Å². The summed E-state index contributed by atoms with van der Waals surface area (Å²) in [6, 6.07) is -10.8. The maximum absolute atomic E-state index is 14.6. The summed E-state index contributed by atoms with van der Waals surface area (Å²) in [6.45, 7) is 18.0. The second-order valence-electron chi connectivity index (χ2n) is 27.7. The van der Waals surface area contributed by atoms with Crippen molar-refractivity contribution in [3.05, 3.63) is 35.9 Å². The SMILES string of the molecule is CC[C@H](C)[C@H](NC(=O)[C@H](CCSC)NC(=O)[C@H](CCSC)NC(=O)[C@@H](NC(=O)[C@H](CC(C)C)NC(=O)[C@@H](NC(=O)[C@H](CCC(=O)O)NC(=O)[C@H](Cc1ccccc1)NC(=O)[C@H](CCC(N)=O)NC(=O)[C@@H](NC(=O)[C@H](CC(C)C)NC(=O)[C@@H](N)CO)C(C)C)[C@@H](C)O)[C@@H](C)CC)C(=O)N[C@@H](C)C(=O)NCC(=O)O. The van der Waals surface area contributed by atoms with E-state index < -0.39 is 236 Å². The normalized spacial score (nSPS) is 15.8. The summed E-state index contributed by atoms with van der Waals surface area (Å²) in [5, 5.41) is 72.4. The molecule has 0 aliphatic rings. The predicted molar refractivity (Wildman–Crippen MR) is 400 cm³/mol. The van der Waals surface area contributed by atoms with E-state index in [4.69, 9.17) is 16.6 Å². The van der Waals surface area contributed by atoms with Gasteiger partial charge >= 0.3 is 11.9 Å². The fourth-order valence-corrected chi connectivity index (χ4v) is 11.5. The smallest absolute Gasteiger partial charge is 0.322 e. The average molecular weight is 1550 g/mol. The van der Waals surface area contributed by atoms with Crippen LogP contribution in [-0.4, -0.2) is 237 Å². The Hall–Kier alpha value is -8.68. The number of hydrogen-bond donors (Lipinski definition) is 19. The third-order valence-corrected chi connectivity index (χ3v) is 18.6. The molecule has 16 atom stereocenters.